The summed E-state index contributed by atoms with van der Waals surface area (Å²) < 4.78 is 8.15. The highest BCUT2D eigenvalue weighted by atomic mass is 16.5. The van der Waals surface area contributed by atoms with Gasteiger partial charge in [-0.15, -0.1) is 0 Å². The van der Waals surface area contributed by atoms with Gasteiger partial charge >= 0.3 is 5.97 Å². The number of rotatable bonds is 5. The SMILES string of the molecule is CC.CC#CC(=O)O.Cc1cc(Nc2ncnc3ccc(N4CCNCC4)nc23)ccc1Oc1ccc2c(c1)ncn2C. The quantitative estimate of drug-likeness (QED) is 0.236. The lowest BCUT2D eigenvalue weighted by atomic mass is 10.2. The number of aliphatic carboxylic acids is 1. The second kappa shape index (κ2) is 14.6. The van der Waals surface area contributed by atoms with E-state index in [1.165, 1.54) is 6.92 Å². The maximum absolute atomic E-state index is 9.43. The molecular formula is C32H36N8O3. The molecule has 1 aliphatic rings. The fourth-order valence-electron chi connectivity index (χ4n) is 4.48. The second-order valence-electron chi connectivity index (χ2n) is 9.39. The van der Waals surface area contributed by atoms with Gasteiger partial charge in [0, 0.05) is 50.9 Å². The molecule has 43 heavy (non-hydrogen) atoms. The van der Waals surface area contributed by atoms with Gasteiger partial charge in [-0.2, -0.15) is 0 Å². The Labute approximate surface area is 251 Å². The van der Waals surface area contributed by atoms with Crippen LogP contribution in [0.3, 0.4) is 0 Å². The molecule has 3 aromatic heterocycles. The van der Waals surface area contributed by atoms with Crippen molar-refractivity contribution in [2.24, 2.45) is 7.05 Å². The lowest BCUT2D eigenvalue weighted by Crippen LogP contribution is -2.43. The van der Waals surface area contributed by atoms with Crippen LogP contribution in [-0.2, 0) is 11.8 Å². The minimum atomic E-state index is -1.07. The maximum Gasteiger partial charge on any atom is 0.381 e. The third-order valence-electron chi connectivity index (χ3n) is 6.50. The van der Waals surface area contributed by atoms with Gasteiger partial charge in [-0.25, -0.2) is 24.7 Å². The number of carbonyl (C=O) groups is 1. The van der Waals surface area contributed by atoms with Crippen LogP contribution in [0, 0.1) is 18.8 Å². The summed E-state index contributed by atoms with van der Waals surface area (Å²) in [5.74, 6) is 6.19. The Balaban J connectivity index is 0.000000475. The molecule has 5 aromatic rings. The first-order valence-corrected chi connectivity index (χ1v) is 14.1. The number of aromatic nitrogens is 5. The molecule has 1 fully saturated rings. The van der Waals surface area contributed by atoms with E-state index in [1.807, 2.05) is 86.8 Å². The average Bonchev–Trinajstić information content (AvgIpc) is 3.40. The number of piperazine rings is 1. The molecule has 11 heteroatoms. The van der Waals surface area contributed by atoms with Gasteiger partial charge in [0.25, 0.3) is 0 Å². The van der Waals surface area contributed by atoms with Crippen molar-refractivity contribution < 1.29 is 14.6 Å². The Morgan fingerprint density at radius 3 is 2.51 bits per heavy atom. The molecule has 0 saturated carbocycles. The van der Waals surface area contributed by atoms with Crippen LogP contribution in [-0.4, -0.2) is 61.8 Å². The van der Waals surface area contributed by atoms with E-state index in [0.29, 0.717) is 5.82 Å². The third kappa shape index (κ3) is 7.75. The zero-order chi connectivity index (χ0) is 30.8. The van der Waals surface area contributed by atoms with Crippen molar-refractivity contribution in [1.29, 1.82) is 0 Å². The number of nitrogens with zero attached hydrogens (tertiary/aromatic N) is 6. The van der Waals surface area contributed by atoms with Crippen LogP contribution >= 0.6 is 0 Å². The normalized spacial score (nSPS) is 12.3. The third-order valence-corrected chi connectivity index (χ3v) is 6.50. The summed E-state index contributed by atoms with van der Waals surface area (Å²) in [5, 5.41) is 14.5. The molecule has 2 aromatic carbocycles. The zero-order valence-electron chi connectivity index (χ0n) is 25.0. The molecule has 0 amide bonds. The number of hydrogen-bond donors (Lipinski definition) is 3. The van der Waals surface area contributed by atoms with E-state index in [9.17, 15) is 4.79 Å². The number of carboxylic acid groups (broad SMARTS) is 1. The van der Waals surface area contributed by atoms with E-state index in [1.54, 1.807) is 12.7 Å². The van der Waals surface area contributed by atoms with Crippen LogP contribution in [0.4, 0.5) is 17.3 Å². The Kier molecular flexibility index (Phi) is 10.4. The standard InChI is InChI=1S/C26H26N8O.C4H4O2.C2H6/c1-17-13-18(3-7-23(17)35-19-4-6-22-21(14-19)30-16-33(22)2)31-26-25-20(28-15-29-26)5-8-24(32-25)34-11-9-27-10-12-34;1-2-3-4(5)6;1-2/h3-8,13-16,27H,9-12H2,1-2H3,(H,28,29,31);1H3,(H,5,6);1-2H3. The van der Waals surface area contributed by atoms with Crippen molar-refractivity contribution in [1.82, 2.24) is 29.8 Å². The molecule has 1 saturated heterocycles. The van der Waals surface area contributed by atoms with Gasteiger partial charge in [0.05, 0.1) is 22.9 Å². The first-order chi connectivity index (χ1) is 20.9. The summed E-state index contributed by atoms with van der Waals surface area (Å²) in [6.45, 7) is 11.3. The van der Waals surface area contributed by atoms with Crippen LogP contribution in [0.25, 0.3) is 22.1 Å². The van der Waals surface area contributed by atoms with Crippen LogP contribution in [0.1, 0.15) is 26.3 Å². The monoisotopic (exact) mass is 580 g/mol. The Morgan fingerprint density at radius 1 is 1.02 bits per heavy atom. The van der Waals surface area contributed by atoms with Crippen molar-refractivity contribution in [3.05, 3.63) is 66.7 Å². The van der Waals surface area contributed by atoms with Crippen LogP contribution in [0.2, 0.25) is 0 Å². The van der Waals surface area contributed by atoms with E-state index >= 15 is 0 Å². The van der Waals surface area contributed by atoms with Gasteiger partial charge in [0.2, 0.25) is 0 Å². The number of aryl methyl sites for hydroxylation is 2. The number of nitrogens with one attached hydrogen (secondary N) is 2. The molecular weight excluding hydrogens is 544 g/mol. The Hall–Kier alpha value is -5.21. The molecule has 0 bridgehead atoms. The fraction of sp³-hybridized carbons (Fsp3) is 0.281. The summed E-state index contributed by atoms with van der Waals surface area (Å²) >= 11 is 0. The molecule has 0 radical (unpaired) electrons. The van der Waals surface area contributed by atoms with Crippen molar-refractivity contribution in [2.75, 3.05) is 36.4 Å². The molecule has 1 aliphatic heterocycles. The van der Waals surface area contributed by atoms with Crippen molar-refractivity contribution in [3.8, 4) is 23.3 Å². The van der Waals surface area contributed by atoms with Crippen LogP contribution < -0.4 is 20.3 Å². The van der Waals surface area contributed by atoms with Crippen molar-refractivity contribution in [2.45, 2.75) is 27.7 Å². The minimum absolute atomic E-state index is 0.681. The second-order valence-corrected chi connectivity index (χ2v) is 9.39. The number of imidazole rings is 1. The highest BCUT2D eigenvalue weighted by molar-refractivity contribution is 5.88. The minimum Gasteiger partial charge on any atom is -0.472 e. The van der Waals surface area contributed by atoms with Gasteiger partial charge in [0.1, 0.15) is 29.2 Å². The summed E-state index contributed by atoms with van der Waals surface area (Å²) in [4.78, 5) is 29.9. The lowest BCUT2D eigenvalue weighted by molar-refractivity contribution is -0.130. The molecule has 0 atom stereocenters. The molecule has 4 heterocycles. The average molecular weight is 581 g/mol. The highest BCUT2D eigenvalue weighted by Crippen LogP contribution is 2.31. The summed E-state index contributed by atoms with van der Waals surface area (Å²) in [5.41, 5.74) is 5.45. The topological polar surface area (TPSA) is 130 Å². The van der Waals surface area contributed by atoms with Crippen LogP contribution in [0.5, 0.6) is 11.5 Å². The number of ether oxygens (including phenoxy) is 1. The van der Waals surface area contributed by atoms with E-state index < -0.39 is 5.97 Å². The van der Waals surface area contributed by atoms with Gasteiger partial charge < -0.3 is 29.9 Å². The fourth-order valence-corrected chi connectivity index (χ4v) is 4.48. The van der Waals surface area contributed by atoms with Crippen molar-refractivity contribution in [3.63, 3.8) is 0 Å². The van der Waals surface area contributed by atoms with E-state index in [2.05, 4.69) is 36.4 Å². The van der Waals surface area contributed by atoms with Gasteiger partial charge in [0.15, 0.2) is 5.82 Å². The van der Waals surface area contributed by atoms with Gasteiger partial charge in [-0.05, 0) is 61.9 Å². The van der Waals surface area contributed by atoms with Gasteiger partial charge in [-0.3, -0.25) is 0 Å². The first kappa shape index (κ1) is 30.7. The summed E-state index contributed by atoms with van der Waals surface area (Å²) in [6, 6.07) is 16.0. The largest absolute Gasteiger partial charge is 0.472 e. The van der Waals surface area contributed by atoms with Crippen molar-refractivity contribution >= 4 is 45.4 Å². The van der Waals surface area contributed by atoms with Crippen LogP contribution in [0.15, 0.2) is 61.2 Å². The molecule has 0 spiro atoms. The lowest BCUT2D eigenvalue weighted by Gasteiger charge is -2.28. The van der Waals surface area contributed by atoms with Gasteiger partial charge in [-0.1, -0.05) is 19.8 Å². The molecule has 222 valence electrons. The number of carboxylic acids is 1. The summed E-state index contributed by atoms with van der Waals surface area (Å²) in [6.07, 6.45) is 3.37. The highest BCUT2D eigenvalue weighted by Gasteiger charge is 2.14. The first-order valence-electron chi connectivity index (χ1n) is 14.1. The number of fused-ring (bicyclic) bond motifs is 2. The predicted molar refractivity (Wildman–Crippen MR) is 170 cm³/mol. The summed E-state index contributed by atoms with van der Waals surface area (Å²) in [7, 11) is 1.98. The number of pyridine rings is 1. The van der Waals surface area contributed by atoms with E-state index in [-0.39, 0.29) is 0 Å². The van der Waals surface area contributed by atoms with E-state index in [0.717, 1.165) is 76.8 Å². The number of anilines is 3. The van der Waals surface area contributed by atoms with E-state index in [4.69, 9.17) is 14.8 Å². The Morgan fingerprint density at radius 2 is 1.81 bits per heavy atom. The zero-order valence-corrected chi connectivity index (χ0v) is 25.0. The molecule has 11 nitrogen and oxygen atoms in total. The number of benzene rings is 2. The smallest absolute Gasteiger partial charge is 0.381 e. The molecule has 0 unspecified atom stereocenters. The maximum atomic E-state index is 9.43. The Bertz CT molecular complexity index is 1770. The molecule has 3 N–H and O–H groups in total. The molecule has 6 rings (SSSR count). The number of hydrogen-bond acceptors (Lipinski definition) is 9. The molecule has 0 aliphatic carbocycles. The predicted octanol–water partition coefficient (Wildman–Crippen LogP) is 5.29.